The third kappa shape index (κ3) is 5.21. The largest absolute Gasteiger partial charge is 0.692 e. The molecule has 0 aliphatic rings. The van der Waals surface area contributed by atoms with E-state index in [9.17, 15) is 4.79 Å². The van der Waals surface area contributed by atoms with Gasteiger partial charge in [-0.3, -0.25) is 4.79 Å². The summed E-state index contributed by atoms with van der Waals surface area (Å²) in [5, 5.41) is 8.98. The molecule has 0 heterocycles. The van der Waals surface area contributed by atoms with Crippen LogP contribution in [0, 0.1) is 0 Å². The quantitative estimate of drug-likeness (QED) is 0.499. The molecular formula is C7H9NO5P+. The number of benzene rings is 1. The van der Waals surface area contributed by atoms with Crippen molar-refractivity contribution in [3.8, 4) is 5.75 Å². The Morgan fingerprint density at radius 1 is 1.29 bits per heavy atom. The summed E-state index contributed by atoms with van der Waals surface area (Å²) in [6.45, 7) is 0. The molecule has 0 spiro atoms. The van der Waals surface area contributed by atoms with Gasteiger partial charge in [0.2, 0.25) is 0 Å². The number of carbonyl (C=O) groups is 1. The van der Waals surface area contributed by atoms with E-state index in [4.69, 9.17) is 25.2 Å². The zero-order valence-electron chi connectivity index (χ0n) is 6.99. The molecule has 0 fully saturated rings. The topological polar surface area (TPSA) is 121 Å². The van der Waals surface area contributed by atoms with Gasteiger partial charge in [0.15, 0.2) is 0 Å². The normalized spacial score (nSPS) is 8.43. The molecule has 0 atom stereocenters. The molecule has 0 aliphatic carbocycles. The Labute approximate surface area is 80.6 Å². The zero-order chi connectivity index (χ0) is 11.1. The molecule has 0 saturated carbocycles. The van der Waals surface area contributed by atoms with Crippen molar-refractivity contribution in [1.29, 1.82) is 0 Å². The van der Waals surface area contributed by atoms with Gasteiger partial charge in [0.1, 0.15) is 5.75 Å². The van der Waals surface area contributed by atoms with Gasteiger partial charge in [-0.1, -0.05) is 12.1 Å². The summed E-state index contributed by atoms with van der Waals surface area (Å²) in [7, 11) is -2.87. The Kier molecular flexibility index (Phi) is 5.40. The molecule has 76 valence electrons. The summed E-state index contributed by atoms with van der Waals surface area (Å²) in [5.74, 6) is -0.687. The third-order valence-electron chi connectivity index (χ3n) is 1.17. The van der Waals surface area contributed by atoms with E-state index >= 15 is 0 Å². The molecule has 6 nitrogen and oxygen atoms in total. The Morgan fingerprint density at radius 3 is 2.00 bits per heavy atom. The Bertz CT molecular complexity index is 337. The van der Waals surface area contributed by atoms with E-state index in [1.54, 1.807) is 12.1 Å². The van der Waals surface area contributed by atoms with Crippen LogP contribution >= 0.6 is 8.25 Å². The molecule has 1 amide bonds. The number of rotatable bonds is 1. The zero-order valence-corrected chi connectivity index (χ0v) is 7.89. The van der Waals surface area contributed by atoms with Crippen molar-refractivity contribution in [3.63, 3.8) is 0 Å². The number of nitrogens with two attached hydrogens (primary N) is 1. The third-order valence-corrected chi connectivity index (χ3v) is 1.17. The summed E-state index contributed by atoms with van der Waals surface area (Å²) >= 11 is 0. The second-order valence-corrected chi connectivity index (χ2v) is 2.64. The smallest absolute Gasteiger partial charge is 0.507 e. The second kappa shape index (κ2) is 6.04. The minimum absolute atomic E-state index is 0.0741. The SMILES string of the molecule is NC(=O)c1ccccc1O.O=[P+](O)O. The van der Waals surface area contributed by atoms with E-state index in [2.05, 4.69) is 0 Å². The van der Waals surface area contributed by atoms with Crippen molar-refractivity contribution < 1.29 is 24.3 Å². The lowest BCUT2D eigenvalue weighted by atomic mass is 10.2. The van der Waals surface area contributed by atoms with Gasteiger partial charge in [-0.2, -0.15) is 0 Å². The lowest BCUT2D eigenvalue weighted by Crippen LogP contribution is -2.10. The molecule has 1 aromatic rings. The van der Waals surface area contributed by atoms with Gasteiger partial charge in [0, 0.05) is 4.57 Å². The highest BCUT2D eigenvalue weighted by Gasteiger charge is 2.03. The maximum atomic E-state index is 10.5. The van der Waals surface area contributed by atoms with Crippen molar-refractivity contribution in [2.45, 2.75) is 0 Å². The first kappa shape index (κ1) is 12.5. The second-order valence-electron chi connectivity index (χ2n) is 2.13. The van der Waals surface area contributed by atoms with Crippen molar-refractivity contribution in [2.24, 2.45) is 5.73 Å². The van der Waals surface area contributed by atoms with Gasteiger partial charge in [0.25, 0.3) is 5.91 Å². The average molecular weight is 218 g/mol. The van der Waals surface area contributed by atoms with Crippen LogP contribution in [0.4, 0.5) is 0 Å². The van der Waals surface area contributed by atoms with E-state index in [1.165, 1.54) is 12.1 Å². The average Bonchev–Trinajstić information content (AvgIpc) is 2.03. The molecule has 0 aliphatic heterocycles. The summed E-state index contributed by atoms with van der Waals surface area (Å²) in [4.78, 5) is 24.7. The maximum absolute atomic E-state index is 10.5. The first-order valence-corrected chi connectivity index (χ1v) is 4.54. The number of amides is 1. The molecule has 5 N–H and O–H groups in total. The van der Waals surface area contributed by atoms with E-state index < -0.39 is 14.2 Å². The van der Waals surface area contributed by atoms with E-state index in [1.807, 2.05) is 0 Å². The van der Waals surface area contributed by atoms with Gasteiger partial charge in [-0.05, 0) is 12.1 Å². The summed E-state index contributed by atoms with van der Waals surface area (Å²) in [6, 6.07) is 6.15. The molecule has 0 radical (unpaired) electrons. The van der Waals surface area contributed by atoms with Gasteiger partial charge in [-0.25, -0.2) is 0 Å². The van der Waals surface area contributed by atoms with E-state index in [0.29, 0.717) is 0 Å². The van der Waals surface area contributed by atoms with Gasteiger partial charge in [-0.15, -0.1) is 9.79 Å². The number of carbonyl (C=O) groups excluding carboxylic acids is 1. The van der Waals surface area contributed by atoms with E-state index in [0.717, 1.165) is 0 Å². The van der Waals surface area contributed by atoms with Crippen LogP contribution in [-0.4, -0.2) is 20.8 Å². The molecule has 1 rings (SSSR count). The van der Waals surface area contributed by atoms with Crippen LogP contribution in [0.1, 0.15) is 10.4 Å². The van der Waals surface area contributed by atoms with Gasteiger partial charge < -0.3 is 10.8 Å². The number of hydrogen-bond acceptors (Lipinski definition) is 3. The molecule has 0 saturated heterocycles. The first-order valence-electron chi connectivity index (χ1n) is 3.38. The van der Waals surface area contributed by atoms with E-state index in [-0.39, 0.29) is 11.3 Å². The Balaban J connectivity index is 0.000000364. The lowest BCUT2D eigenvalue weighted by molar-refractivity contribution is 0.0997. The Hall–Kier alpha value is -1.49. The van der Waals surface area contributed by atoms with Crippen LogP contribution in [0.2, 0.25) is 0 Å². The van der Waals surface area contributed by atoms with Crippen LogP contribution in [0.15, 0.2) is 24.3 Å². The first-order chi connectivity index (χ1) is 6.45. The monoisotopic (exact) mass is 218 g/mol. The summed E-state index contributed by atoms with van der Waals surface area (Å²) < 4.78 is 8.70. The van der Waals surface area contributed by atoms with Crippen LogP contribution < -0.4 is 5.73 Å². The number of aromatic hydroxyl groups is 1. The fourth-order valence-corrected chi connectivity index (χ4v) is 0.682. The van der Waals surface area contributed by atoms with Gasteiger partial charge >= 0.3 is 8.25 Å². The summed E-state index contributed by atoms with van der Waals surface area (Å²) in [5.41, 5.74) is 5.07. The molecule has 0 unspecified atom stereocenters. The van der Waals surface area contributed by atoms with Crippen molar-refractivity contribution in [1.82, 2.24) is 0 Å². The van der Waals surface area contributed by atoms with Crippen molar-refractivity contribution in [2.75, 3.05) is 0 Å². The summed E-state index contributed by atoms with van der Waals surface area (Å²) in [6.07, 6.45) is 0. The van der Waals surface area contributed by atoms with Crippen LogP contribution in [0.25, 0.3) is 0 Å². The molecule has 14 heavy (non-hydrogen) atoms. The predicted molar refractivity (Wildman–Crippen MR) is 48.7 cm³/mol. The molecule has 1 aromatic carbocycles. The number of hydrogen-bond donors (Lipinski definition) is 4. The van der Waals surface area contributed by atoms with Crippen molar-refractivity contribution >= 4 is 14.2 Å². The van der Waals surface area contributed by atoms with Crippen LogP contribution in [0.5, 0.6) is 5.75 Å². The highest BCUT2D eigenvalue weighted by Crippen LogP contribution is 2.13. The fourth-order valence-electron chi connectivity index (χ4n) is 0.682. The van der Waals surface area contributed by atoms with Crippen molar-refractivity contribution in [3.05, 3.63) is 29.8 Å². The minimum atomic E-state index is -2.87. The number of phenols is 1. The van der Waals surface area contributed by atoms with Crippen LogP contribution in [0.3, 0.4) is 0 Å². The molecule has 7 heteroatoms. The number of primary amides is 1. The highest BCUT2D eigenvalue weighted by atomic mass is 31.1. The predicted octanol–water partition coefficient (Wildman–Crippen LogP) is 0.120. The minimum Gasteiger partial charge on any atom is -0.507 e. The number of para-hydroxylation sites is 1. The molecular weight excluding hydrogens is 209 g/mol. The Morgan fingerprint density at radius 2 is 1.71 bits per heavy atom. The molecule has 0 aromatic heterocycles. The van der Waals surface area contributed by atoms with Gasteiger partial charge in [0.05, 0.1) is 5.56 Å². The standard InChI is InChI=1S/C7H7NO2.HO3P/c8-7(10)5-3-1-2-4-6(5)9;1-4(2)3/h1-4,9H,(H2,8,10);(H-,1,2,3)/p+1. The lowest BCUT2D eigenvalue weighted by Gasteiger charge is -1.96. The highest BCUT2D eigenvalue weighted by molar-refractivity contribution is 7.30. The van der Waals surface area contributed by atoms with Crippen LogP contribution in [-0.2, 0) is 4.57 Å². The fraction of sp³-hybridized carbons (Fsp3) is 0. The molecule has 0 bridgehead atoms. The maximum Gasteiger partial charge on any atom is 0.692 e.